The molecule has 3 heterocycles. The van der Waals surface area contributed by atoms with E-state index in [1.54, 1.807) is 18.0 Å². The van der Waals surface area contributed by atoms with Crippen molar-refractivity contribution in [3.05, 3.63) is 56.8 Å². The molecule has 8 nitrogen and oxygen atoms in total. The minimum atomic E-state index is -0.556. The van der Waals surface area contributed by atoms with Crippen LogP contribution in [0.3, 0.4) is 0 Å². The summed E-state index contributed by atoms with van der Waals surface area (Å²) in [4.78, 5) is 44.7. The number of carbonyl (C=O) groups is 2. The Balaban J connectivity index is 1.55. The third kappa shape index (κ3) is 4.32. The molecule has 4 rings (SSSR count). The molecule has 1 N–H and O–H groups in total. The third-order valence-corrected chi connectivity index (χ3v) is 6.00. The molecule has 1 aromatic carbocycles. The van der Waals surface area contributed by atoms with Crippen molar-refractivity contribution in [2.75, 3.05) is 11.9 Å². The summed E-state index contributed by atoms with van der Waals surface area (Å²) in [5.74, 6) is -0.385. The monoisotopic (exact) mass is 440 g/mol. The maximum atomic E-state index is 13.0. The van der Waals surface area contributed by atoms with E-state index in [9.17, 15) is 14.4 Å². The first-order valence-corrected chi connectivity index (χ1v) is 10.8. The molecule has 0 aliphatic carbocycles. The number of hydrogen-bond acceptors (Lipinski definition) is 6. The van der Waals surface area contributed by atoms with Gasteiger partial charge in [-0.15, -0.1) is 0 Å². The Morgan fingerprint density at radius 3 is 2.71 bits per heavy atom. The number of para-hydroxylation sites is 1. The summed E-state index contributed by atoms with van der Waals surface area (Å²) < 4.78 is 6.97. The van der Waals surface area contributed by atoms with Crippen LogP contribution in [0.1, 0.15) is 41.7 Å². The van der Waals surface area contributed by atoms with E-state index >= 15 is 0 Å². The Kier molecular flexibility index (Phi) is 5.30. The van der Waals surface area contributed by atoms with Gasteiger partial charge >= 0.3 is 6.09 Å². The smallest absolute Gasteiger partial charge is 0.410 e. The Bertz CT molecular complexity index is 1240. The molecule has 0 saturated carbocycles. The molecule has 1 aliphatic rings. The van der Waals surface area contributed by atoms with Gasteiger partial charge in [0.1, 0.15) is 5.60 Å². The van der Waals surface area contributed by atoms with Crippen molar-refractivity contribution >= 4 is 39.4 Å². The first-order chi connectivity index (χ1) is 14.6. The number of benzene rings is 1. The molecule has 0 saturated heterocycles. The van der Waals surface area contributed by atoms with Crippen LogP contribution in [0, 0.1) is 0 Å². The largest absolute Gasteiger partial charge is 0.444 e. The minimum absolute atomic E-state index is 0.254. The Labute approximate surface area is 183 Å². The van der Waals surface area contributed by atoms with E-state index in [1.807, 2.05) is 39.0 Å². The van der Waals surface area contributed by atoms with E-state index in [1.165, 1.54) is 22.0 Å². The molecular weight excluding hydrogens is 416 g/mol. The highest BCUT2D eigenvalue weighted by Gasteiger charge is 2.28. The highest BCUT2D eigenvalue weighted by Crippen LogP contribution is 2.29. The molecule has 2 aromatic heterocycles. The SMILES string of the molecule is Cn1c(=O)cc(C(=O)Nc2nc3c(s2)CN(C(=O)OC(C)(C)C)CC3)c2ccccc21. The summed E-state index contributed by atoms with van der Waals surface area (Å²) in [6.07, 6.45) is 0.235. The van der Waals surface area contributed by atoms with Crippen molar-refractivity contribution in [2.45, 2.75) is 39.3 Å². The van der Waals surface area contributed by atoms with Gasteiger partial charge in [-0.1, -0.05) is 29.5 Å². The van der Waals surface area contributed by atoms with E-state index < -0.39 is 5.60 Å². The lowest BCUT2D eigenvalue weighted by atomic mass is 10.1. The summed E-state index contributed by atoms with van der Waals surface area (Å²) in [6, 6.07) is 8.62. The average Bonchev–Trinajstić information content (AvgIpc) is 3.10. The van der Waals surface area contributed by atoms with Crippen molar-refractivity contribution in [3.63, 3.8) is 0 Å². The van der Waals surface area contributed by atoms with Gasteiger partial charge in [0, 0.05) is 36.3 Å². The van der Waals surface area contributed by atoms with Gasteiger partial charge < -0.3 is 14.2 Å². The highest BCUT2D eigenvalue weighted by atomic mass is 32.1. The highest BCUT2D eigenvalue weighted by molar-refractivity contribution is 7.15. The predicted octanol–water partition coefficient (Wildman–Crippen LogP) is 3.54. The fraction of sp³-hybridized carbons (Fsp3) is 0.364. The standard InChI is InChI=1S/C22H24N4O4S/c1-22(2,3)30-21(29)26-10-9-15-17(12-26)31-20(23-15)24-19(28)14-11-18(27)25(4)16-8-6-5-7-13(14)16/h5-8,11H,9-10,12H2,1-4H3,(H,23,24,28). The number of hydrogen-bond donors (Lipinski definition) is 1. The molecule has 31 heavy (non-hydrogen) atoms. The lowest BCUT2D eigenvalue weighted by molar-refractivity contribution is 0.0225. The number of aromatic nitrogens is 2. The summed E-state index contributed by atoms with van der Waals surface area (Å²) in [5, 5.41) is 3.97. The Morgan fingerprint density at radius 1 is 1.23 bits per heavy atom. The van der Waals surface area contributed by atoms with Crippen molar-refractivity contribution in [3.8, 4) is 0 Å². The topological polar surface area (TPSA) is 93.5 Å². The molecule has 1 aliphatic heterocycles. The van der Waals surface area contributed by atoms with Crippen LogP contribution in [-0.4, -0.2) is 38.6 Å². The second-order valence-electron chi connectivity index (χ2n) is 8.47. The van der Waals surface area contributed by atoms with Gasteiger partial charge in [-0.3, -0.25) is 14.9 Å². The number of rotatable bonds is 2. The molecule has 3 aromatic rings. The van der Waals surface area contributed by atoms with Crippen molar-refractivity contribution in [1.29, 1.82) is 0 Å². The van der Waals surface area contributed by atoms with Gasteiger partial charge in [-0.05, 0) is 26.8 Å². The Morgan fingerprint density at radius 2 is 1.97 bits per heavy atom. The summed E-state index contributed by atoms with van der Waals surface area (Å²) in [5.41, 5.74) is 1.05. The minimum Gasteiger partial charge on any atom is -0.444 e. The van der Waals surface area contributed by atoms with Gasteiger partial charge in [-0.2, -0.15) is 0 Å². The number of nitrogens with zero attached hydrogens (tertiary/aromatic N) is 3. The second-order valence-corrected chi connectivity index (χ2v) is 9.55. The zero-order valence-electron chi connectivity index (χ0n) is 17.9. The summed E-state index contributed by atoms with van der Waals surface area (Å²) >= 11 is 1.33. The molecule has 162 valence electrons. The average molecular weight is 441 g/mol. The number of fused-ring (bicyclic) bond motifs is 2. The molecule has 0 unspecified atom stereocenters. The number of pyridine rings is 1. The van der Waals surface area contributed by atoms with Crippen LogP contribution in [-0.2, 0) is 24.8 Å². The van der Waals surface area contributed by atoms with E-state index in [0.29, 0.717) is 41.1 Å². The van der Waals surface area contributed by atoms with Gasteiger partial charge in [-0.25, -0.2) is 9.78 Å². The van der Waals surface area contributed by atoms with Crippen LogP contribution in [0.4, 0.5) is 9.93 Å². The van der Waals surface area contributed by atoms with Crippen molar-refractivity contribution < 1.29 is 14.3 Å². The molecule has 2 amide bonds. The van der Waals surface area contributed by atoms with Crippen LogP contribution in [0.15, 0.2) is 35.1 Å². The number of aryl methyl sites for hydroxylation is 1. The van der Waals surface area contributed by atoms with Gasteiger partial charge in [0.15, 0.2) is 5.13 Å². The van der Waals surface area contributed by atoms with Crippen LogP contribution < -0.4 is 10.9 Å². The molecule has 0 bridgehead atoms. The third-order valence-electron chi connectivity index (χ3n) is 5.00. The van der Waals surface area contributed by atoms with Gasteiger partial charge in [0.05, 0.1) is 23.3 Å². The van der Waals surface area contributed by atoms with Crippen LogP contribution in [0.5, 0.6) is 0 Å². The van der Waals surface area contributed by atoms with E-state index in [-0.39, 0.29) is 17.6 Å². The van der Waals surface area contributed by atoms with E-state index in [2.05, 4.69) is 10.3 Å². The molecule has 0 spiro atoms. The second kappa shape index (κ2) is 7.81. The molecule has 0 atom stereocenters. The van der Waals surface area contributed by atoms with Crippen LogP contribution in [0.2, 0.25) is 0 Å². The number of ether oxygens (including phenoxy) is 1. The first-order valence-electron chi connectivity index (χ1n) is 9.99. The Hall–Kier alpha value is -3.20. The first kappa shape index (κ1) is 21.0. The molecule has 9 heteroatoms. The fourth-order valence-corrected chi connectivity index (χ4v) is 4.51. The molecular formula is C22H24N4O4S. The number of nitrogens with one attached hydrogen (secondary N) is 1. The van der Waals surface area contributed by atoms with E-state index in [4.69, 9.17) is 4.74 Å². The number of amides is 2. The van der Waals surface area contributed by atoms with Crippen LogP contribution >= 0.6 is 11.3 Å². The van der Waals surface area contributed by atoms with Gasteiger partial charge in [0.25, 0.3) is 11.5 Å². The lowest BCUT2D eigenvalue weighted by Gasteiger charge is -2.29. The van der Waals surface area contributed by atoms with Crippen molar-refractivity contribution in [1.82, 2.24) is 14.5 Å². The fourth-order valence-electron chi connectivity index (χ4n) is 3.49. The predicted molar refractivity (Wildman–Crippen MR) is 120 cm³/mol. The zero-order chi connectivity index (χ0) is 22.3. The summed E-state index contributed by atoms with van der Waals surface area (Å²) in [7, 11) is 1.68. The maximum Gasteiger partial charge on any atom is 0.410 e. The molecule has 0 fully saturated rings. The van der Waals surface area contributed by atoms with Crippen LogP contribution in [0.25, 0.3) is 10.9 Å². The van der Waals surface area contributed by atoms with Crippen molar-refractivity contribution in [2.24, 2.45) is 7.05 Å². The molecule has 0 radical (unpaired) electrons. The van der Waals surface area contributed by atoms with E-state index in [0.717, 1.165) is 10.6 Å². The van der Waals surface area contributed by atoms with Gasteiger partial charge in [0.2, 0.25) is 0 Å². The number of anilines is 1. The number of carbonyl (C=O) groups excluding carboxylic acids is 2. The zero-order valence-corrected chi connectivity index (χ0v) is 18.7. The number of thiazole rings is 1. The quantitative estimate of drug-likeness (QED) is 0.658. The normalized spacial score (nSPS) is 13.7. The maximum absolute atomic E-state index is 13.0. The lowest BCUT2D eigenvalue weighted by Crippen LogP contribution is -2.39. The summed E-state index contributed by atoms with van der Waals surface area (Å²) in [6.45, 7) is 6.41.